The zero-order chi connectivity index (χ0) is 40.2. The van der Waals surface area contributed by atoms with Crippen LogP contribution in [0.5, 0.6) is 0 Å². The van der Waals surface area contributed by atoms with Crippen molar-refractivity contribution >= 4 is 34.7 Å². The molecule has 3 aliphatic carbocycles. The van der Waals surface area contributed by atoms with Crippen LogP contribution in [-0.4, -0.2) is 56.0 Å². The summed E-state index contributed by atoms with van der Waals surface area (Å²) in [5, 5.41) is 0. The third kappa shape index (κ3) is 7.35. The van der Waals surface area contributed by atoms with Crippen molar-refractivity contribution in [1.82, 2.24) is 0 Å². The molecule has 0 aromatic heterocycles. The first-order chi connectivity index (χ1) is 27.7. The number of hydrogen-bond donors (Lipinski definition) is 0. The maximum Gasteiger partial charge on any atom is 0.194 e. The van der Waals surface area contributed by atoms with Gasteiger partial charge in [-0.3, -0.25) is 28.8 Å². The molecule has 0 amide bonds. The van der Waals surface area contributed by atoms with E-state index in [2.05, 4.69) is 0 Å². The van der Waals surface area contributed by atoms with Crippen LogP contribution in [0.3, 0.4) is 0 Å². The van der Waals surface area contributed by atoms with Gasteiger partial charge >= 0.3 is 0 Å². The van der Waals surface area contributed by atoms with E-state index in [0.717, 1.165) is 16.7 Å². The predicted octanol–water partition coefficient (Wildman–Crippen LogP) is 7.83. The largest absolute Gasteiger partial charge is 0.380 e. The Hall–Kier alpha value is -6.78. The molecule has 0 saturated heterocycles. The van der Waals surface area contributed by atoms with Crippen molar-refractivity contribution in [1.29, 1.82) is 0 Å². The molecule has 0 saturated carbocycles. The number of carbonyl (C=O) groups is 6. The topological polar surface area (TPSA) is 130 Å². The van der Waals surface area contributed by atoms with Crippen LogP contribution >= 0.6 is 0 Å². The van der Waals surface area contributed by atoms with Gasteiger partial charge in [-0.05, 0) is 53.1 Å². The Kier molecular flexibility index (Phi) is 11.2. The molecule has 9 nitrogen and oxygen atoms in total. The van der Waals surface area contributed by atoms with Crippen LogP contribution in [0.25, 0.3) is 0 Å². The molecule has 0 spiro atoms. The van der Waals surface area contributed by atoms with Crippen LogP contribution in [0, 0.1) is 0 Å². The van der Waals surface area contributed by atoms with E-state index in [1.807, 2.05) is 18.2 Å². The Morgan fingerprint density at radius 3 is 0.684 bits per heavy atom. The molecule has 9 rings (SSSR count). The number of hydrogen-bond acceptors (Lipinski definition) is 9. The van der Waals surface area contributed by atoms with Crippen LogP contribution in [0.15, 0.2) is 127 Å². The first kappa shape index (κ1) is 38.5. The molecule has 0 radical (unpaired) electrons. The van der Waals surface area contributed by atoms with Crippen molar-refractivity contribution in [2.45, 2.75) is 19.8 Å². The van der Waals surface area contributed by atoms with Gasteiger partial charge in [-0.15, -0.1) is 0 Å². The highest BCUT2D eigenvalue weighted by Gasteiger charge is 2.31. The average molecular weight is 757 g/mol. The number of benzene rings is 6. The first-order valence-electron chi connectivity index (χ1n) is 18.1. The zero-order valence-electron chi connectivity index (χ0n) is 31.4. The van der Waals surface area contributed by atoms with Gasteiger partial charge in [0.15, 0.2) is 34.7 Å². The lowest BCUT2D eigenvalue weighted by Crippen LogP contribution is -2.21. The highest BCUT2D eigenvalue weighted by atomic mass is 16.5. The van der Waals surface area contributed by atoms with Crippen LogP contribution in [0.1, 0.15) is 112 Å². The van der Waals surface area contributed by atoms with Crippen molar-refractivity contribution in [2.24, 2.45) is 0 Å². The quantitative estimate of drug-likeness (QED) is 0.167. The average Bonchev–Trinajstić information content (AvgIpc) is 3.24. The second kappa shape index (κ2) is 16.5. The van der Waals surface area contributed by atoms with E-state index >= 15 is 0 Å². The maximum absolute atomic E-state index is 12.4. The molecule has 0 N–H and O–H groups in total. The normalized spacial score (nSPS) is 13.1. The molecule has 0 heterocycles. The van der Waals surface area contributed by atoms with Crippen LogP contribution < -0.4 is 0 Å². The number of ether oxygens (including phenoxy) is 3. The summed E-state index contributed by atoms with van der Waals surface area (Å²) in [5.74, 6) is -0.549. The second-order valence-electron chi connectivity index (χ2n) is 13.6. The minimum absolute atomic E-state index is 0.0887. The SMILES string of the molecule is COCc1ccc2c(c1)C(=O)c1ccccc1C2=O.COCc1ccc2c(c1)C(=O)c1ccccc1C2=O.COCc1ccc2c(c1)C(=O)c1ccccc1C2=O. The van der Waals surface area contributed by atoms with E-state index in [-0.39, 0.29) is 34.7 Å². The summed E-state index contributed by atoms with van der Waals surface area (Å²) >= 11 is 0. The Labute approximate surface area is 328 Å². The van der Waals surface area contributed by atoms with E-state index in [1.54, 1.807) is 131 Å². The Balaban J connectivity index is 0.000000131. The summed E-state index contributed by atoms with van der Waals surface area (Å²) in [7, 11) is 4.80. The van der Waals surface area contributed by atoms with Crippen molar-refractivity contribution < 1.29 is 43.0 Å². The van der Waals surface area contributed by atoms with Crippen molar-refractivity contribution in [2.75, 3.05) is 21.3 Å². The van der Waals surface area contributed by atoms with Crippen LogP contribution in [0.4, 0.5) is 0 Å². The second-order valence-corrected chi connectivity index (χ2v) is 13.6. The van der Waals surface area contributed by atoms with E-state index in [1.165, 1.54) is 0 Å². The fourth-order valence-corrected chi connectivity index (χ4v) is 7.21. The third-order valence-corrected chi connectivity index (χ3v) is 9.90. The summed E-state index contributed by atoms with van der Waals surface area (Å²) in [6.07, 6.45) is 0. The summed E-state index contributed by atoms with van der Waals surface area (Å²) in [5.41, 5.74) is 8.41. The Morgan fingerprint density at radius 2 is 0.474 bits per heavy atom. The molecule has 3 aliphatic rings. The highest BCUT2D eigenvalue weighted by molar-refractivity contribution is 6.30. The van der Waals surface area contributed by atoms with Gasteiger partial charge in [-0.1, -0.05) is 91.0 Å². The molecule has 6 aromatic rings. The Morgan fingerprint density at radius 1 is 0.281 bits per heavy atom. The summed E-state index contributed by atoms with van der Waals surface area (Å²) < 4.78 is 15.2. The minimum Gasteiger partial charge on any atom is -0.380 e. The van der Waals surface area contributed by atoms with Gasteiger partial charge in [0, 0.05) is 88.1 Å². The number of carbonyl (C=O) groups excluding carboxylic acids is 6. The van der Waals surface area contributed by atoms with Crippen molar-refractivity contribution in [3.63, 3.8) is 0 Å². The molecule has 9 heteroatoms. The lowest BCUT2D eigenvalue weighted by Gasteiger charge is -2.17. The summed E-state index contributed by atoms with van der Waals surface area (Å²) in [6.45, 7) is 1.28. The monoisotopic (exact) mass is 756 g/mol. The Bertz CT molecular complexity index is 2350. The van der Waals surface area contributed by atoms with Gasteiger partial charge in [0.05, 0.1) is 19.8 Å². The third-order valence-electron chi connectivity index (χ3n) is 9.90. The molecule has 0 unspecified atom stereocenters. The molecule has 0 fully saturated rings. The van der Waals surface area contributed by atoms with Crippen molar-refractivity contribution in [3.05, 3.63) is 211 Å². The van der Waals surface area contributed by atoms with E-state index in [0.29, 0.717) is 86.6 Å². The molecular formula is C48H36O9. The molecule has 57 heavy (non-hydrogen) atoms. The molecule has 0 bridgehead atoms. The lowest BCUT2D eigenvalue weighted by atomic mass is 9.83. The number of methoxy groups -OCH3 is 3. The van der Waals surface area contributed by atoms with Crippen LogP contribution in [-0.2, 0) is 34.0 Å². The maximum atomic E-state index is 12.4. The molecule has 6 aromatic carbocycles. The van der Waals surface area contributed by atoms with Gasteiger partial charge in [0.1, 0.15) is 0 Å². The van der Waals surface area contributed by atoms with Gasteiger partial charge < -0.3 is 14.2 Å². The molecule has 282 valence electrons. The molecular weight excluding hydrogens is 721 g/mol. The van der Waals surface area contributed by atoms with Crippen molar-refractivity contribution in [3.8, 4) is 0 Å². The predicted molar refractivity (Wildman–Crippen MR) is 211 cm³/mol. The fraction of sp³-hybridized carbons (Fsp3) is 0.125. The van der Waals surface area contributed by atoms with E-state index in [4.69, 9.17) is 14.2 Å². The minimum atomic E-state index is -0.0943. The zero-order valence-corrected chi connectivity index (χ0v) is 31.4. The van der Waals surface area contributed by atoms with E-state index < -0.39 is 0 Å². The van der Waals surface area contributed by atoms with Gasteiger partial charge in [0.2, 0.25) is 0 Å². The standard InChI is InChI=1S/3C16H12O3/c3*1-19-9-10-6-7-13-14(8-10)16(18)12-5-3-2-4-11(12)15(13)17/h3*2-8H,9H2,1H3. The molecule has 0 aliphatic heterocycles. The van der Waals surface area contributed by atoms with Gasteiger partial charge in [0.25, 0.3) is 0 Å². The number of rotatable bonds is 6. The fourth-order valence-electron chi connectivity index (χ4n) is 7.21. The summed E-state index contributed by atoms with van der Waals surface area (Å²) in [4.78, 5) is 74.3. The van der Waals surface area contributed by atoms with Crippen LogP contribution in [0.2, 0.25) is 0 Å². The first-order valence-corrected chi connectivity index (χ1v) is 18.1. The van der Waals surface area contributed by atoms with Gasteiger partial charge in [-0.2, -0.15) is 0 Å². The van der Waals surface area contributed by atoms with Gasteiger partial charge in [-0.25, -0.2) is 0 Å². The molecule has 0 atom stereocenters. The smallest absolute Gasteiger partial charge is 0.194 e. The van der Waals surface area contributed by atoms with E-state index in [9.17, 15) is 28.8 Å². The number of fused-ring (bicyclic) bond motifs is 6. The summed E-state index contributed by atoms with van der Waals surface area (Å²) in [6, 6.07) is 36.6. The highest BCUT2D eigenvalue weighted by Crippen LogP contribution is 2.30. The number of ketones is 6. The lowest BCUT2D eigenvalue weighted by molar-refractivity contribution is 0.0978.